The maximum atomic E-state index is 7.83. The molecule has 0 rings (SSSR count). The fraction of sp³-hybridized carbons (Fsp3) is 0.885. The summed E-state index contributed by atoms with van der Waals surface area (Å²) in [7, 11) is -0.633. The molecule has 0 aliphatic heterocycles. The smallest absolute Gasteiger partial charge is 0.196 e. The Morgan fingerprint density at radius 3 is 1.00 bits per heavy atom. The van der Waals surface area contributed by atoms with Gasteiger partial charge in [0.1, 0.15) is 0 Å². The minimum absolute atomic E-state index is 0.633. The lowest BCUT2D eigenvalue weighted by Crippen LogP contribution is -2.13. The SMILES string of the molecule is CCCCCC[P+](CCCC)(CCCCCC)CCCCCC.N#CC(C#N)C#N. The van der Waals surface area contributed by atoms with Crippen LogP contribution in [0.5, 0.6) is 0 Å². The van der Waals surface area contributed by atoms with E-state index in [1.54, 1.807) is 24.6 Å². The van der Waals surface area contributed by atoms with Gasteiger partial charge >= 0.3 is 0 Å². The number of hydrogen-bond acceptors (Lipinski definition) is 3. The van der Waals surface area contributed by atoms with Gasteiger partial charge in [0.25, 0.3) is 0 Å². The van der Waals surface area contributed by atoms with Gasteiger partial charge in [-0.05, 0) is 44.9 Å². The van der Waals surface area contributed by atoms with Crippen molar-refractivity contribution in [3.05, 3.63) is 0 Å². The molecular weight excluding hydrogens is 385 g/mol. The Bertz CT molecular complexity index is 419. The lowest BCUT2D eigenvalue weighted by Gasteiger charge is -2.28. The van der Waals surface area contributed by atoms with E-state index in [0.29, 0.717) is 0 Å². The molecule has 0 radical (unpaired) electrons. The third-order valence-corrected chi connectivity index (χ3v) is 10.9. The van der Waals surface area contributed by atoms with Crippen LogP contribution in [0.4, 0.5) is 0 Å². The largest absolute Gasteiger partial charge is 0.218 e. The molecule has 0 aromatic carbocycles. The standard InChI is InChI=1S/C22H48P.C4HN3/c1-5-9-13-16-20-23(19-12-8-4,21-17-14-10-6-2)22-18-15-11-7-3;5-1-4(2-6)3-7/h5-22H2,1-4H3;4H/q+1;. The Kier molecular flexibility index (Phi) is 25.0. The van der Waals surface area contributed by atoms with Crippen LogP contribution in [0.1, 0.15) is 118 Å². The van der Waals surface area contributed by atoms with Crippen LogP contribution in [0.2, 0.25) is 0 Å². The first-order chi connectivity index (χ1) is 14.6. The van der Waals surface area contributed by atoms with Gasteiger partial charge in [0, 0.05) is 7.26 Å². The summed E-state index contributed by atoms with van der Waals surface area (Å²) >= 11 is 0. The minimum Gasteiger partial charge on any atom is -0.196 e. The Hall–Kier alpha value is -1.10. The normalized spacial score (nSPS) is 10.6. The van der Waals surface area contributed by atoms with Gasteiger partial charge in [-0.1, -0.05) is 72.6 Å². The van der Waals surface area contributed by atoms with Crippen molar-refractivity contribution in [2.24, 2.45) is 5.92 Å². The van der Waals surface area contributed by atoms with Crippen LogP contribution >= 0.6 is 7.26 Å². The molecule has 0 aromatic heterocycles. The van der Waals surface area contributed by atoms with Crippen molar-refractivity contribution in [2.75, 3.05) is 24.6 Å². The third kappa shape index (κ3) is 18.9. The first-order valence-corrected chi connectivity index (χ1v) is 15.2. The number of nitriles is 3. The van der Waals surface area contributed by atoms with E-state index in [1.807, 2.05) is 0 Å². The van der Waals surface area contributed by atoms with E-state index in [4.69, 9.17) is 15.8 Å². The number of hydrogen-bond donors (Lipinski definition) is 0. The molecule has 0 aliphatic rings. The van der Waals surface area contributed by atoms with Crippen LogP contribution in [0, 0.1) is 39.9 Å². The van der Waals surface area contributed by atoms with E-state index < -0.39 is 13.2 Å². The summed E-state index contributed by atoms with van der Waals surface area (Å²) in [5.74, 6) is -1.10. The summed E-state index contributed by atoms with van der Waals surface area (Å²) in [6.45, 7) is 9.42. The van der Waals surface area contributed by atoms with Gasteiger partial charge in [-0.25, -0.2) is 0 Å². The molecule has 0 N–H and O–H groups in total. The van der Waals surface area contributed by atoms with Crippen LogP contribution in [0.15, 0.2) is 0 Å². The zero-order chi connectivity index (χ0) is 22.9. The molecule has 0 aromatic rings. The molecule has 0 amide bonds. The highest BCUT2D eigenvalue weighted by molar-refractivity contribution is 7.75. The second-order valence-corrected chi connectivity index (χ2v) is 13.1. The maximum absolute atomic E-state index is 7.83. The molecule has 0 fully saturated rings. The van der Waals surface area contributed by atoms with Crippen molar-refractivity contribution in [1.29, 1.82) is 15.8 Å². The molecular formula is C26H49N3P+. The van der Waals surface area contributed by atoms with E-state index >= 15 is 0 Å². The van der Waals surface area contributed by atoms with Crippen molar-refractivity contribution in [3.8, 4) is 18.2 Å². The van der Waals surface area contributed by atoms with Crippen LogP contribution in [-0.4, -0.2) is 24.6 Å². The van der Waals surface area contributed by atoms with Crippen molar-refractivity contribution < 1.29 is 0 Å². The first kappa shape index (κ1) is 31.1. The van der Waals surface area contributed by atoms with Gasteiger partial charge in [-0.15, -0.1) is 0 Å². The lowest BCUT2D eigenvalue weighted by molar-refractivity contribution is 0.681. The summed E-state index contributed by atoms with van der Waals surface area (Å²) in [6.07, 6.45) is 27.0. The van der Waals surface area contributed by atoms with E-state index in [0.717, 1.165) is 0 Å². The van der Waals surface area contributed by atoms with E-state index in [9.17, 15) is 0 Å². The summed E-state index contributed by atoms with van der Waals surface area (Å²) < 4.78 is 0. The van der Waals surface area contributed by atoms with E-state index in [1.165, 1.54) is 108 Å². The Morgan fingerprint density at radius 1 is 0.467 bits per heavy atom. The molecule has 0 bridgehead atoms. The van der Waals surface area contributed by atoms with Gasteiger partial charge in [0.2, 0.25) is 5.92 Å². The lowest BCUT2D eigenvalue weighted by atomic mass is 10.2. The molecule has 4 heteroatoms. The summed E-state index contributed by atoms with van der Waals surface area (Å²) in [4.78, 5) is 0. The summed E-state index contributed by atoms with van der Waals surface area (Å²) in [5, 5.41) is 23.5. The van der Waals surface area contributed by atoms with Gasteiger partial charge in [-0.3, -0.25) is 0 Å². The number of rotatable bonds is 18. The molecule has 3 nitrogen and oxygen atoms in total. The first-order valence-electron chi connectivity index (χ1n) is 12.6. The molecule has 172 valence electrons. The van der Waals surface area contributed by atoms with Crippen molar-refractivity contribution >= 4 is 7.26 Å². The number of unbranched alkanes of at least 4 members (excludes halogenated alkanes) is 10. The Balaban J connectivity index is 0. The molecule has 0 unspecified atom stereocenters. The highest BCUT2D eigenvalue weighted by atomic mass is 31.2. The van der Waals surface area contributed by atoms with Crippen LogP contribution in [0.25, 0.3) is 0 Å². The average Bonchev–Trinajstić information content (AvgIpc) is 2.77. The minimum atomic E-state index is -1.10. The predicted octanol–water partition coefficient (Wildman–Crippen LogP) is 8.72. The fourth-order valence-electron chi connectivity index (χ4n) is 3.87. The zero-order valence-electron chi connectivity index (χ0n) is 20.6. The molecule has 0 aliphatic carbocycles. The molecule has 0 atom stereocenters. The van der Waals surface area contributed by atoms with Gasteiger partial charge in [-0.2, -0.15) is 15.8 Å². The average molecular weight is 435 g/mol. The van der Waals surface area contributed by atoms with Crippen LogP contribution in [0.3, 0.4) is 0 Å². The Morgan fingerprint density at radius 2 is 0.767 bits per heavy atom. The summed E-state index contributed by atoms with van der Waals surface area (Å²) in [6, 6.07) is 4.44. The van der Waals surface area contributed by atoms with Crippen LogP contribution < -0.4 is 0 Å². The zero-order valence-corrected chi connectivity index (χ0v) is 21.5. The monoisotopic (exact) mass is 434 g/mol. The summed E-state index contributed by atoms with van der Waals surface area (Å²) in [5.41, 5.74) is 0. The molecule has 0 saturated heterocycles. The molecule has 0 heterocycles. The van der Waals surface area contributed by atoms with Crippen molar-refractivity contribution in [2.45, 2.75) is 118 Å². The van der Waals surface area contributed by atoms with Gasteiger partial charge in [0.05, 0.1) is 42.9 Å². The van der Waals surface area contributed by atoms with Gasteiger partial charge < -0.3 is 0 Å². The van der Waals surface area contributed by atoms with E-state index in [2.05, 4.69) is 27.7 Å². The van der Waals surface area contributed by atoms with Crippen LogP contribution in [-0.2, 0) is 0 Å². The highest BCUT2D eigenvalue weighted by Gasteiger charge is 2.34. The highest BCUT2D eigenvalue weighted by Crippen LogP contribution is 2.61. The van der Waals surface area contributed by atoms with Gasteiger partial charge in [0.15, 0.2) is 0 Å². The van der Waals surface area contributed by atoms with Crippen molar-refractivity contribution in [1.82, 2.24) is 0 Å². The third-order valence-electron chi connectivity index (χ3n) is 5.83. The fourth-order valence-corrected chi connectivity index (χ4v) is 8.88. The molecule has 0 spiro atoms. The molecule has 30 heavy (non-hydrogen) atoms. The Labute approximate surface area is 189 Å². The second kappa shape index (κ2) is 24.2. The molecule has 0 saturated carbocycles. The topological polar surface area (TPSA) is 71.4 Å². The van der Waals surface area contributed by atoms with E-state index in [-0.39, 0.29) is 0 Å². The van der Waals surface area contributed by atoms with Crippen molar-refractivity contribution in [3.63, 3.8) is 0 Å². The quantitative estimate of drug-likeness (QED) is 0.160. The number of nitrogens with zero attached hydrogens (tertiary/aromatic N) is 3. The maximum Gasteiger partial charge on any atom is 0.218 e. The second-order valence-electron chi connectivity index (χ2n) is 8.59. The predicted molar refractivity (Wildman–Crippen MR) is 134 cm³/mol.